The smallest absolute Gasteiger partial charge is 0.254 e. The Labute approximate surface area is 242 Å². The summed E-state index contributed by atoms with van der Waals surface area (Å²) in [6.07, 6.45) is 0. The summed E-state index contributed by atoms with van der Waals surface area (Å²) in [5.74, 6) is -0.506. The summed E-state index contributed by atoms with van der Waals surface area (Å²) >= 11 is 7.34. The molecule has 0 bridgehead atoms. The first-order valence-corrected chi connectivity index (χ1v) is 13.6. The van der Waals surface area contributed by atoms with Gasteiger partial charge in [0, 0.05) is 29.1 Å². The molecule has 10 heteroatoms. The van der Waals surface area contributed by atoms with E-state index in [1.165, 1.54) is 26.0 Å². The molecule has 2 amide bonds. The zero-order valence-corrected chi connectivity index (χ0v) is 23.7. The first kappa shape index (κ1) is 28.6. The third kappa shape index (κ3) is 6.42. The number of ether oxygens (including phenoxy) is 2. The summed E-state index contributed by atoms with van der Waals surface area (Å²) in [4.78, 5) is 26.4. The highest BCUT2D eigenvalue weighted by Gasteiger charge is 2.34. The Hall–Kier alpha value is -4.39. The molecule has 1 atom stereocenters. The summed E-state index contributed by atoms with van der Waals surface area (Å²) in [5.41, 5.74) is 3.20. The Bertz CT molecular complexity index is 1520. The maximum absolute atomic E-state index is 13.5. The number of hydrogen-bond donors (Lipinski definition) is 3. The van der Waals surface area contributed by atoms with E-state index in [0.717, 1.165) is 5.56 Å². The lowest BCUT2D eigenvalue weighted by molar-refractivity contribution is -0.114. The molecule has 0 unspecified atom stereocenters. The van der Waals surface area contributed by atoms with Gasteiger partial charge in [0.2, 0.25) is 5.91 Å². The van der Waals surface area contributed by atoms with Crippen molar-refractivity contribution >= 4 is 46.6 Å². The van der Waals surface area contributed by atoms with E-state index in [9.17, 15) is 14.9 Å². The van der Waals surface area contributed by atoms with Crippen molar-refractivity contribution < 1.29 is 19.1 Å². The largest absolute Gasteiger partial charge is 0.495 e. The fourth-order valence-electron chi connectivity index (χ4n) is 4.31. The molecule has 0 spiro atoms. The molecule has 0 radical (unpaired) electrons. The maximum Gasteiger partial charge on any atom is 0.254 e. The molecule has 1 heterocycles. The normalized spacial score (nSPS) is 14.6. The lowest BCUT2D eigenvalue weighted by Crippen LogP contribution is -2.31. The van der Waals surface area contributed by atoms with Crippen LogP contribution in [-0.4, -0.2) is 31.8 Å². The van der Waals surface area contributed by atoms with Gasteiger partial charge in [-0.3, -0.25) is 9.59 Å². The van der Waals surface area contributed by atoms with Crippen LogP contribution in [0.25, 0.3) is 0 Å². The van der Waals surface area contributed by atoms with Crippen molar-refractivity contribution in [1.82, 2.24) is 5.32 Å². The van der Waals surface area contributed by atoms with Crippen LogP contribution in [0.4, 0.5) is 11.4 Å². The van der Waals surface area contributed by atoms with E-state index < -0.39 is 5.92 Å². The molecule has 0 saturated heterocycles. The number of carbonyl (C=O) groups excluding carboxylic acids is 2. The molecule has 3 aromatic carbocycles. The Morgan fingerprint density at radius 3 is 2.27 bits per heavy atom. The molecule has 1 aliphatic rings. The lowest BCUT2D eigenvalue weighted by Gasteiger charge is -2.30. The van der Waals surface area contributed by atoms with Crippen molar-refractivity contribution in [3.8, 4) is 17.6 Å². The number of nitriles is 1. The Balaban J connectivity index is 1.60. The highest BCUT2D eigenvalue weighted by molar-refractivity contribution is 8.03. The second-order valence-electron chi connectivity index (χ2n) is 8.71. The number of thioether (sulfide) groups is 1. The number of rotatable bonds is 9. The maximum atomic E-state index is 13.5. The molecule has 40 heavy (non-hydrogen) atoms. The molecule has 0 aromatic heterocycles. The number of para-hydroxylation sites is 1. The number of carbonyl (C=O) groups is 2. The van der Waals surface area contributed by atoms with Gasteiger partial charge in [-0.25, -0.2) is 0 Å². The number of dihydropyridines is 1. The number of nitrogens with one attached hydrogen (secondary N) is 3. The molecule has 0 fully saturated rings. The topological polar surface area (TPSA) is 112 Å². The van der Waals surface area contributed by atoms with Gasteiger partial charge in [-0.15, -0.1) is 0 Å². The predicted molar refractivity (Wildman–Crippen MR) is 158 cm³/mol. The Morgan fingerprint density at radius 2 is 1.65 bits per heavy atom. The number of anilines is 2. The van der Waals surface area contributed by atoms with Crippen LogP contribution in [0.15, 0.2) is 94.7 Å². The van der Waals surface area contributed by atoms with E-state index in [1.807, 2.05) is 48.5 Å². The van der Waals surface area contributed by atoms with Crippen LogP contribution in [-0.2, 0) is 9.59 Å². The van der Waals surface area contributed by atoms with Gasteiger partial charge in [-0.1, -0.05) is 71.9 Å². The van der Waals surface area contributed by atoms with Crippen molar-refractivity contribution in [2.45, 2.75) is 12.8 Å². The molecular formula is C30H27ClN4O4S. The molecule has 3 N–H and O–H groups in total. The highest BCUT2D eigenvalue weighted by atomic mass is 35.5. The van der Waals surface area contributed by atoms with Gasteiger partial charge in [0.05, 0.1) is 53.3 Å². The van der Waals surface area contributed by atoms with E-state index in [0.29, 0.717) is 49.8 Å². The van der Waals surface area contributed by atoms with Crippen LogP contribution < -0.4 is 25.4 Å². The summed E-state index contributed by atoms with van der Waals surface area (Å²) in [5, 5.41) is 20.1. The third-order valence-electron chi connectivity index (χ3n) is 6.15. The number of halogens is 1. The zero-order valence-electron chi connectivity index (χ0n) is 22.1. The summed E-state index contributed by atoms with van der Waals surface area (Å²) < 4.78 is 10.6. The van der Waals surface area contributed by atoms with Gasteiger partial charge < -0.3 is 25.4 Å². The number of amides is 2. The fraction of sp³-hybridized carbons (Fsp3) is 0.167. The number of benzene rings is 3. The predicted octanol–water partition coefficient (Wildman–Crippen LogP) is 6.06. The zero-order chi connectivity index (χ0) is 28.6. The second kappa shape index (κ2) is 13.1. The molecule has 0 aliphatic carbocycles. The molecule has 3 aromatic rings. The number of hydrogen-bond acceptors (Lipinski definition) is 7. The number of allylic oxidation sites excluding steroid dienone is 2. The molecule has 0 saturated carbocycles. The van der Waals surface area contributed by atoms with Crippen LogP contribution in [0, 0.1) is 11.3 Å². The Morgan fingerprint density at radius 1 is 1.00 bits per heavy atom. The van der Waals surface area contributed by atoms with Crippen LogP contribution >= 0.6 is 23.4 Å². The number of nitrogens with zero attached hydrogens (tertiary/aromatic N) is 1. The van der Waals surface area contributed by atoms with Gasteiger partial charge >= 0.3 is 0 Å². The van der Waals surface area contributed by atoms with Crippen LogP contribution in [0.5, 0.6) is 11.5 Å². The Kier molecular flexibility index (Phi) is 9.38. The minimum Gasteiger partial charge on any atom is -0.495 e. The van der Waals surface area contributed by atoms with Crippen LogP contribution in [0.2, 0.25) is 5.02 Å². The molecule has 4 rings (SSSR count). The standard InChI is InChI=1S/C30H27ClN4O4S/c1-18-27(29(37)34-20-12-8-5-9-13-20)28(19-10-6-4-7-11-19)21(16-32)30(33-18)40-17-26(36)35-23-15-24(38-2)22(31)14-25(23)39-3/h4-15,28,33H,17H2,1-3H3,(H,34,37)(H,35,36)/t28-/m0/s1. The van der Waals surface area contributed by atoms with Gasteiger partial charge in [-0.05, 0) is 24.6 Å². The minimum absolute atomic E-state index is 0.0120. The van der Waals surface area contributed by atoms with Crippen molar-refractivity contribution in [3.63, 3.8) is 0 Å². The molecule has 204 valence electrons. The number of methoxy groups -OCH3 is 2. The fourth-order valence-corrected chi connectivity index (χ4v) is 5.43. The SMILES string of the molecule is COc1cc(NC(=O)CSC2=C(C#N)[C@H](c3ccccc3)C(C(=O)Nc3ccccc3)=C(C)N2)c(OC)cc1Cl. The van der Waals surface area contributed by atoms with E-state index in [4.69, 9.17) is 21.1 Å². The first-order valence-electron chi connectivity index (χ1n) is 12.2. The van der Waals surface area contributed by atoms with Gasteiger partial charge in [-0.2, -0.15) is 5.26 Å². The second-order valence-corrected chi connectivity index (χ2v) is 10.1. The van der Waals surface area contributed by atoms with Crippen molar-refractivity contribution in [2.24, 2.45) is 0 Å². The lowest BCUT2D eigenvalue weighted by atomic mass is 9.82. The monoisotopic (exact) mass is 574 g/mol. The van der Waals surface area contributed by atoms with Gasteiger partial charge in [0.1, 0.15) is 11.5 Å². The highest BCUT2D eigenvalue weighted by Crippen LogP contribution is 2.41. The molecule has 8 nitrogen and oxygen atoms in total. The summed E-state index contributed by atoms with van der Waals surface area (Å²) in [6.45, 7) is 1.79. The first-order chi connectivity index (χ1) is 19.4. The minimum atomic E-state index is -0.623. The van der Waals surface area contributed by atoms with Crippen LogP contribution in [0.3, 0.4) is 0 Å². The molecular weight excluding hydrogens is 548 g/mol. The average molecular weight is 575 g/mol. The van der Waals surface area contributed by atoms with Gasteiger partial charge in [0.25, 0.3) is 5.91 Å². The van der Waals surface area contributed by atoms with E-state index >= 15 is 0 Å². The summed E-state index contributed by atoms with van der Waals surface area (Å²) in [7, 11) is 2.95. The quantitative estimate of drug-likeness (QED) is 0.284. The molecule has 1 aliphatic heterocycles. The van der Waals surface area contributed by atoms with E-state index in [-0.39, 0.29) is 17.6 Å². The van der Waals surface area contributed by atoms with Crippen molar-refractivity contribution in [1.29, 1.82) is 5.26 Å². The van der Waals surface area contributed by atoms with Gasteiger partial charge in [0.15, 0.2) is 0 Å². The van der Waals surface area contributed by atoms with E-state index in [1.54, 1.807) is 31.2 Å². The van der Waals surface area contributed by atoms with Crippen molar-refractivity contribution in [2.75, 3.05) is 30.6 Å². The third-order valence-corrected chi connectivity index (χ3v) is 7.46. The van der Waals surface area contributed by atoms with Crippen molar-refractivity contribution in [3.05, 3.63) is 105 Å². The average Bonchev–Trinajstić information content (AvgIpc) is 2.97. The van der Waals surface area contributed by atoms with Crippen LogP contribution in [0.1, 0.15) is 18.4 Å². The van der Waals surface area contributed by atoms with E-state index in [2.05, 4.69) is 22.0 Å². The summed E-state index contributed by atoms with van der Waals surface area (Å²) in [6, 6.07) is 23.9.